The first kappa shape index (κ1) is 45.7. The summed E-state index contributed by atoms with van der Waals surface area (Å²) in [5.74, 6) is 0. The number of alkyl halides is 18. The smallest absolute Gasteiger partial charge is 0.354 e. The van der Waals surface area contributed by atoms with Crippen LogP contribution in [0.5, 0.6) is 0 Å². The topological polar surface area (TPSA) is 49.4 Å². The van der Waals surface area contributed by atoms with Crippen LogP contribution in [0.2, 0.25) is 0 Å². The summed E-state index contributed by atoms with van der Waals surface area (Å²) in [4.78, 5) is 9.94. The summed E-state index contributed by atoms with van der Waals surface area (Å²) < 4.78 is 258. The molecule has 22 heteroatoms. The van der Waals surface area contributed by atoms with E-state index in [0.29, 0.717) is 24.3 Å². The maximum atomic E-state index is 14.3. The Balaban J connectivity index is 1.61. The van der Waals surface area contributed by atoms with Gasteiger partial charge in [-0.3, -0.25) is 0 Å². The third-order valence-electron chi connectivity index (χ3n) is 10.6. The number of hydrogen-bond donors (Lipinski definition) is 2. The third-order valence-corrected chi connectivity index (χ3v) is 10.6. The molecule has 0 fully saturated rings. The molecule has 7 aromatic rings. The molecule has 344 valence electrons. The first-order valence-electron chi connectivity index (χ1n) is 18.6. The molecular weight excluding hydrogens is 926 g/mol. The monoisotopic (exact) mass is 948 g/mol. The van der Waals surface area contributed by atoms with Crippen molar-refractivity contribution in [3.05, 3.63) is 136 Å². The summed E-state index contributed by atoms with van der Waals surface area (Å²) in [5.41, 5.74) is -16.5. The second-order valence-corrected chi connectivity index (χ2v) is 15.0. The van der Waals surface area contributed by atoms with Gasteiger partial charge in [0.05, 0.1) is 61.3 Å². The molecule has 5 heterocycles. The average molecular weight is 949 g/mol. The van der Waals surface area contributed by atoms with Crippen LogP contribution < -0.4 is 0 Å². The number of benzene rings is 3. The van der Waals surface area contributed by atoms with Crippen molar-refractivity contribution in [3.63, 3.8) is 0 Å². The lowest BCUT2D eigenvalue weighted by Crippen LogP contribution is -2.11. The molecular formula is C44H22F18N4. The maximum absolute atomic E-state index is 14.3. The Morgan fingerprint density at radius 2 is 0.636 bits per heavy atom. The van der Waals surface area contributed by atoms with Crippen LogP contribution in [0.25, 0.3) is 78.6 Å². The minimum atomic E-state index is -5.43. The van der Waals surface area contributed by atoms with Gasteiger partial charge >= 0.3 is 37.1 Å². The second kappa shape index (κ2) is 15.1. The standard InChI is InChI=1S/C44H22F18N4/c1-66-34-8-9-35(66)38(21-14-26(43(57,58)59)18-27(15-21)44(60,61)62)33-7-6-32(65-33)37(20-12-24(41(51,52)53)17-25(13-20)42(54,55)56)31-5-4-30(64-31)36(29-3-2-28(34)63-29)19-10-22(39(45,46)47)16-23(11-19)40(48,49)50/h2-18,63-64H,1H3. The largest absolute Gasteiger partial charge is 0.416 e. The van der Waals surface area contributed by atoms with Crippen LogP contribution in [-0.2, 0) is 44.1 Å². The van der Waals surface area contributed by atoms with Gasteiger partial charge in [0, 0.05) is 40.3 Å². The number of fused-ring (bicyclic) bond motifs is 9. The summed E-state index contributed by atoms with van der Waals surface area (Å²) >= 11 is 0. The fourth-order valence-corrected chi connectivity index (χ4v) is 7.67. The van der Waals surface area contributed by atoms with Crippen molar-refractivity contribution in [2.45, 2.75) is 37.1 Å². The summed E-state index contributed by atoms with van der Waals surface area (Å²) in [7, 11) is 1.30. The summed E-state index contributed by atoms with van der Waals surface area (Å²) in [6.45, 7) is 0. The van der Waals surface area contributed by atoms with E-state index in [9.17, 15) is 79.0 Å². The Bertz CT molecular complexity index is 3140. The van der Waals surface area contributed by atoms with Gasteiger partial charge < -0.3 is 14.5 Å². The van der Waals surface area contributed by atoms with Crippen LogP contribution in [-0.4, -0.2) is 19.5 Å². The number of aromatic amines is 2. The van der Waals surface area contributed by atoms with Gasteiger partial charge in [-0.15, -0.1) is 0 Å². The van der Waals surface area contributed by atoms with E-state index in [2.05, 4.69) is 15.0 Å². The van der Waals surface area contributed by atoms with Gasteiger partial charge in [-0.1, -0.05) is 0 Å². The highest BCUT2D eigenvalue weighted by molar-refractivity contribution is 6.00. The molecule has 0 amide bonds. The van der Waals surface area contributed by atoms with Crippen LogP contribution >= 0.6 is 0 Å². The molecule has 0 aliphatic carbocycles. The molecule has 0 atom stereocenters. The Labute approximate surface area is 356 Å². The maximum Gasteiger partial charge on any atom is 0.416 e. The van der Waals surface area contributed by atoms with Gasteiger partial charge in [0.1, 0.15) is 0 Å². The molecule has 4 aromatic heterocycles. The van der Waals surface area contributed by atoms with Gasteiger partial charge in [-0.25, -0.2) is 4.98 Å². The summed E-state index contributed by atoms with van der Waals surface area (Å²) in [6.07, 6.45) is -30.3. The predicted molar refractivity (Wildman–Crippen MR) is 206 cm³/mol. The van der Waals surface area contributed by atoms with Crippen molar-refractivity contribution >= 4 is 45.3 Å². The molecule has 0 saturated heterocycles. The molecule has 8 rings (SSSR count). The molecule has 0 unspecified atom stereocenters. The van der Waals surface area contributed by atoms with Gasteiger partial charge in [-0.2, -0.15) is 79.0 Å². The van der Waals surface area contributed by atoms with E-state index in [1.165, 1.54) is 35.9 Å². The number of aromatic nitrogens is 4. The minimum Gasteiger partial charge on any atom is -0.354 e. The molecule has 0 saturated carbocycles. The normalized spacial score (nSPS) is 13.6. The molecule has 4 nitrogen and oxygen atoms in total. The molecule has 3 aromatic carbocycles. The lowest BCUT2D eigenvalue weighted by molar-refractivity contribution is -0.144. The fraction of sp³-hybridized carbons (Fsp3) is 0.159. The Kier molecular flexibility index (Phi) is 10.4. The molecule has 66 heavy (non-hydrogen) atoms. The third kappa shape index (κ3) is 8.55. The zero-order chi connectivity index (χ0) is 48.3. The van der Waals surface area contributed by atoms with Crippen molar-refractivity contribution < 1.29 is 79.0 Å². The number of aryl methyl sites for hydroxylation is 1. The van der Waals surface area contributed by atoms with E-state index in [0.717, 1.165) is 24.3 Å². The number of rotatable bonds is 3. The minimum absolute atomic E-state index is 0.0485. The van der Waals surface area contributed by atoms with Crippen LogP contribution in [0, 0.1) is 0 Å². The summed E-state index contributed by atoms with van der Waals surface area (Å²) in [5, 5.41) is 0. The molecule has 2 N–H and O–H groups in total. The second-order valence-electron chi connectivity index (χ2n) is 15.0. The molecule has 1 aliphatic rings. The van der Waals surface area contributed by atoms with Crippen molar-refractivity contribution in [3.8, 4) is 33.4 Å². The quantitative estimate of drug-likeness (QED) is 0.170. The number of nitrogens with one attached hydrogen (secondary N) is 2. The van der Waals surface area contributed by atoms with E-state index in [-0.39, 0.29) is 57.9 Å². The van der Waals surface area contributed by atoms with Crippen LogP contribution in [0.15, 0.2) is 91.0 Å². The van der Waals surface area contributed by atoms with Crippen LogP contribution in [0.1, 0.15) is 44.8 Å². The number of nitrogens with zero attached hydrogens (tertiary/aromatic N) is 2. The zero-order valence-corrected chi connectivity index (χ0v) is 32.5. The van der Waals surface area contributed by atoms with Gasteiger partial charge in [0.2, 0.25) is 0 Å². The fourth-order valence-electron chi connectivity index (χ4n) is 7.67. The Hall–Kier alpha value is -6.87. The molecule has 1 aliphatic heterocycles. The average Bonchev–Trinajstić information content (AvgIpc) is 4.03. The van der Waals surface area contributed by atoms with Crippen molar-refractivity contribution in [1.82, 2.24) is 19.5 Å². The van der Waals surface area contributed by atoms with Crippen molar-refractivity contribution in [2.24, 2.45) is 7.05 Å². The Morgan fingerprint density at radius 3 is 1.02 bits per heavy atom. The first-order valence-corrected chi connectivity index (χ1v) is 18.6. The molecule has 8 bridgehead atoms. The zero-order valence-electron chi connectivity index (χ0n) is 32.5. The van der Waals surface area contributed by atoms with E-state index < -0.39 is 121 Å². The van der Waals surface area contributed by atoms with Gasteiger partial charge in [0.15, 0.2) is 0 Å². The molecule has 0 radical (unpaired) electrons. The van der Waals surface area contributed by atoms with Crippen molar-refractivity contribution in [2.75, 3.05) is 0 Å². The van der Waals surface area contributed by atoms with E-state index in [1.807, 2.05) is 0 Å². The van der Waals surface area contributed by atoms with E-state index in [4.69, 9.17) is 0 Å². The SMILES string of the molecule is Cn1c2ccc1c1ccc([nH]1)c(-c1cc(C(F)(F)F)cc(C(F)(F)F)c1)c1ccc([nH]1)c(-c1cc(C(F)(F)F)cc(C(F)(F)F)c1)c1nc(c2-c2cc(C(F)(F)F)cc(C(F)(F)F)c2)C=C1. The first-order chi connectivity index (χ1) is 30.4. The highest BCUT2D eigenvalue weighted by Crippen LogP contribution is 2.45. The van der Waals surface area contributed by atoms with Crippen LogP contribution in [0.4, 0.5) is 79.0 Å². The lowest BCUT2D eigenvalue weighted by atomic mass is 9.97. The lowest BCUT2D eigenvalue weighted by Gasteiger charge is -2.15. The van der Waals surface area contributed by atoms with E-state index >= 15 is 0 Å². The number of H-pyrrole nitrogens is 2. The molecule has 0 spiro atoms. The van der Waals surface area contributed by atoms with Crippen LogP contribution in [0.3, 0.4) is 0 Å². The number of halogens is 18. The highest BCUT2D eigenvalue weighted by atomic mass is 19.4. The van der Waals surface area contributed by atoms with Crippen molar-refractivity contribution in [1.29, 1.82) is 0 Å². The predicted octanol–water partition coefficient (Wildman–Crippen LogP) is 15.8. The highest BCUT2D eigenvalue weighted by Gasteiger charge is 2.40. The van der Waals surface area contributed by atoms with Gasteiger partial charge in [0.25, 0.3) is 0 Å². The number of hydrogen-bond acceptors (Lipinski definition) is 1. The van der Waals surface area contributed by atoms with E-state index in [1.54, 1.807) is 0 Å². The summed E-state index contributed by atoms with van der Waals surface area (Å²) in [6, 6.07) is 8.73. The van der Waals surface area contributed by atoms with Gasteiger partial charge in [-0.05, 0) is 120 Å². The Morgan fingerprint density at radius 1 is 0.348 bits per heavy atom.